The number of hydrazine groups is 1. The highest BCUT2D eigenvalue weighted by atomic mass is 79.9. The van der Waals surface area contributed by atoms with Crippen molar-refractivity contribution >= 4 is 40.1 Å². The molecule has 1 fully saturated rings. The van der Waals surface area contributed by atoms with Crippen molar-refractivity contribution in [2.75, 3.05) is 6.54 Å². The van der Waals surface area contributed by atoms with E-state index in [0.717, 1.165) is 6.42 Å². The van der Waals surface area contributed by atoms with Crippen LogP contribution in [-0.4, -0.2) is 59.0 Å². The maximum absolute atomic E-state index is 12.9. The Hall–Kier alpha value is -2.77. The topological polar surface area (TPSA) is 154 Å². The molecular formula is C23H33BrN4O8. The van der Waals surface area contributed by atoms with E-state index in [2.05, 4.69) is 37.1 Å². The number of hydrogen-bond acceptors (Lipinski definition) is 11. The highest BCUT2D eigenvalue weighted by Gasteiger charge is 2.31. The molecule has 200 valence electrons. The number of pyridine rings is 1. The largest absolute Gasteiger partial charge is 0.514 e. The van der Waals surface area contributed by atoms with Crippen molar-refractivity contribution in [2.45, 2.75) is 84.1 Å². The zero-order chi connectivity index (χ0) is 27.1. The third-order valence-electron chi connectivity index (χ3n) is 4.36. The molecule has 0 aromatic carbocycles. The number of ether oxygens (including phenoxy) is 4. The molecule has 1 amide bonds. The van der Waals surface area contributed by atoms with E-state index in [-0.39, 0.29) is 17.9 Å². The van der Waals surface area contributed by atoms with Gasteiger partial charge < -0.3 is 24.3 Å². The molecule has 12 nitrogen and oxygen atoms in total. The van der Waals surface area contributed by atoms with Gasteiger partial charge in [-0.3, -0.25) is 5.43 Å². The number of rotatable bonds is 6. The van der Waals surface area contributed by atoms with Crippen LogP contribution >= 0.6 is 15.9 Å². The van der Waals surface area contributed by atoms with Crippen LogP contribution in [0.3, 0.4) is 0 Å². The fourth-order valence-corrected chi connectivity index (χ4v) is 3.44. The minimum absolute atomic E-state index is 0.0964. The number of amides is 1. The van der Waals surface area contributed by atoms with Gasteiger partial charge in [0.1, 0.15) is 33.6 Å². The fourth-order valence-electron chi connectivity index (χ4n) is 2.99. The standard InChI is InChI=1S/C23H33BrN4O8/c1-22(2,3)35-20(31)27-16(19(30)34-18(29)15-8-7-9-25-28-15)11-13-10-14(12-17(24)26-13)33-21(32)36-23(4,5)6/h10,12,15-16,25,28H,7-9,11H2,1-6H3,(H,27,31)/t15?,16-/m0/s1. The Morgan fingerprint density at radius 3 is 2.36 bits per heavy atom. The van der Waals surface area contributed by atoms with Crippen molar-refractivity contribution in [3.8, 4) is 5.75 Å². The average Bonchev–Trinajstić information content (AvgIpc) is 2.70. The lowest BCUT2D eigenvalue weighted by molar-refractivity contribution is -0.163. The number of nitrogens with zero attached hydrogens (tertiary/aromatic N) is 1. The second kappa shape index (κ2) is 12.5. The molecule has 0 spiro atoms. The number of hydrogen-bond donors (Lipinski definition) is 3. The van der Waals surface area contributed by atoms with Gasteiger partial charge in [0.05, 0.1) is 0 Å². The van der Waals surface area contributed by atoms with Gasteiger partial charge in [0.15, 0.2) is 0 Å². The second-order valence-corrected chi connectivity index (χ2v) is 10.9. The molecule has 0 aliphatic carbocycles. The van der Waals surface area contributed by atoms with E-state index >= 15 is 0 Å². The molecule has 3 N–H and O–H groups in total. The summed E-state index contributed by atoms with van der Waals surface area (Å²) in [4.78, 5) is 54.1. The van der Waals surface area contributed by atoms with Gasteiger partial charge in [-0.25, -0.2) is 29.6 Å². The number of halogens is 1. The van der Waals surface area contributed by atoms with Crippen LogP contribution in [0.4, 0.5) is 9.59 Å². The Balaban J connectivity index is 2.20. The first-order chi connectivity index (χ1) is 16.6. The van der Waals surface area contributed by atoms with Crippen LogP contribution in [-0.2, 0) is 30.2 Å². The molecule has 36 heavy (non-hydrogen) atoms. The summed E-state index contributed by atoms with van der Waals surface area (Å²) in [7, 11) is 0. The highest BCUT2D eigenvalue weighted by molar-refractivity contribution is 9.10. The quantitative estimate of drug-likeness (QED) is 0.199. The Bertz CT molecular complexity index is 968. The molecule has 0 radical (unpaired) electrons. The van der Waals surface area contributed by atoms with Crippen molar-refractivity contribution in [3.05, 3.63) is 22.4 Å². The van der Waals surface area contributed by atoms with E-state index in [1.807, 2.05) is 0 Å². The Kier molecular flexibility index (Phi) is 10.2. The van der Waals surface area contributed by atoms with Gasteiger partial charge in [0.2, 0.25) is 0 Å². The maximum Gasteiger partial charge on any atom is 0.514 e. The van der Waals surface area contributed by atoms with Crippen molar-refractivity contribution < 1.29 is 38.1 Å². The van der Waals surface area contributed by atoms with E-state index in [1.165, 1.54) is 12.1 Å². The van der Waals surface area contributed by atoms with Crippen molar-refractivity contribution in [1.29, 1.82) is 0 Å². The highest BCUT2D eigenvalue weighted by Crippen LogP contribution is 2.21. The van der Waals surface area contributed by atoms with Crippen LogP contribution in [0.2, 0.25) is 0 Å². The van der Waals surface area contributed by atoms with Crippen LogP contribution in [0.1, 0.15) is 60.1 Å². The second-order valence-electron chi connectivity index (χ2n) is 10.1. The van der Waals surface area contributed by atoms with Crippen molar-refractivity contribution in [2.24, 2.45) is 0 Å². The van der Waals surface area contributed by atoms with Crippen LogP contribution in [0.5, 0.6) is 5.75 Å². The lowest BCUT2D eigenvalue weighted by Crippen LogP contribution is -2.52. The Morgan fingerprint density at radius 1 is 1.11 bits per heavy atom. The van der Waals surface area contributed by atoms with Gasteiger partial charge in [0, 0.05) is 30.8 Å². The normalized spacial score (nSPS) is 16.9. The average molecular weight is 573 g/mol. The first-order valence-corrected chi connectivity index (χ1v) is 12.2. The van der Waals surface area contributed by atoms with Crippen molar-refractivity contribution in [1.82, 2.24) is 21.2 Å². The van der Waals surface area contributed by atoms with Crippen LogP contribution in [0.15, 0.2) is 16.7 Å². The summed E-state index contributed by atoms with van der Waals surface area (Å²) in [6.07, 6.45) is -0.778. The molecule has 0 bridgehead atoms. The van der Waals surface area contributed by atoms with Gasteiger partial charge >= 0.3 is 24.2 Å². The minimum atomic E-state index is -1.32. The predicted octanol–water partition coefficient (Wildman–Crippen LogP) is 2.92. The summed E-state index contributed by atoms with van der Waals surface area (Å²) in [5.41, 5.74) is 4.28. The predicted molar refractivity (Wildman–Crippen MR) is 131 cm³/mol. The molecule has 2 rings (SSSR count). The van der Waals surface area contributed by atoms with E-state index in [9.17, 15) is 19.2 Å². The summed E-state index contributed by atoms with van der Waals surface area (Å²) in [5.74, 6) is -1.67. The minimum Gasteiger partial charge on any atom is -0.444 e. The number of aromatic nitrogens is 1. The fraction of sp³-hybridized carbons (Fsp3) is 0.609. The maximum atomic E-state index is 12.9. The van der Waals surface area contributed by atoms with Gasteiger partial charge in [-0.1, -0.05) is 0 Å². The van der Waals surface area contributed by atoms with E-state index in [0.29, 0.717) is 17.6 Å². The summed E-state index contributed by atoms with van der Waals surface area (Å²) >= 11 is 3.23. The van der Waals surface area contributed by atoms with Crippen LogP contribution in [0.25, 0.3) is 0 Å². The molecule has 1 unspecified atom stereocenters. The summed E-state index contributed by atoms with van der Waals surface area (Å²) < 4.78 is 20.9. The number of nitrogens with one attached hydrogen (secondary N) is 3. The molecule has 2 atom stereocenters. The SMILES string of the molecule is CC(C)(C)OC(=O)N[C@@H](Cc1cc(OC(=O)OC(C)(C)C)cc(Br)n1)C(=O)OC(=O)C1CCCNN1. The smallest absolute Gasteiger partial charge is 0.444 e. The third-order valence-corrected chi connectivity index (χ3v) is 4.76. The van der Waals surface area contributed by atoms with Gasteiger partial charge in [-0.2, -0.15) is 0 Å². The third kappa shape index (κ3) is 10.9. The Morgan fingerprint density at radius 2 is 1.78 bits per heavy atom. The number of esters is 2. The zero-order valence-corrected chi connectivity index (χ0v) is 22.8. The lowest BCUT2D eigenvalue weighted by Gasteiger charge is -2.24. The monoisotopic (exact) mass is 572 g/mol. The van der Waals surface area contributed by atoms with E-state index in [4.69, 9.17) is 18.9 Å². The summed E-state index contributed by atoms with van der Waals surface area (Å²) in [6, 6.07) is 0.812. The Labute approximate surface area is 218 Å². The zero-order valence-electron chi connectivity index (χ0n) is 21.2. The van der Waals surface area contributed by atoms with Crippen LogP contribution in [0, 0.1) is 0 Å². The molecular weight excluding hydrogens is 540 g/mol. The molecule has 1 aliphatic rings. The van der Waals surface area contributed by atoms with Gasteiger partial charge in [0.25, 0.3) is 0 Å². The van der Waals surface area contributed by atoms with Crippen LogP contribution < -0.4 is 20.9 Å². The van der Waals surface area contributed by atoms with E-state index in [1.54, 1.807) is 41.5 Å². The molecule has 1 aromatic rings. The number of carbonyl (C=O) groups is 4. The van der Waals surface area contributed by atoms with Gasteiger partial charge in [-0.15, -0.1) is 0 Å². The molecule has 13 heteroatoms. The molecule has 1 saturated heterocycles. The van der Waals surface area contributed by atoms with Gasteiger partial charge in [-0.05, 0) is 70.3 Å². The number of carbonyl (C=O) groups excluding carboxylic acids is 4. The molecule has 2 heterocycles. The molecule has 1 aliphatic heterocycles. The molecule has 1 aromatic heterocycles. The van der Waals surface area contributed by atoms with Crippen molar-refractivity contribution in [3.63, 3.8) is 0 Å². The number of alkyl carbamates (subject to hydrolysis) is 1. The lowest BCUT2D eigenvalue weighted by atomic mass is 10.1. The first-order valence-electron chi connectivity index (χ1n) is 11.4. The summed E-state index contributed by atoms with van der Waals surface area (Å²) in [6.45, 7) is 10.8. The van der Waals surface area contributed by atoms with E-state index < -0.39 is 47.5 Å². The summed E-state index contributed by atoms with van der Waals surface area (Å²) in [5, 5.41) is 2.43. The first kappa shape index (κ1) is 29.5. The molecule has 0 saturated carbocycles.